The van der Waals surface area contributed by atoms with Gasteiger partial charge in [-0.05, 0) is 30.3 Å². The fourth-order valence-corrected chi connectivity index (χ4v) is 1.72. The zero-order chi connectivity index (χ0) is 13.8. The fraction of sp³-hybridized carbons (Fsp3) is 0.0714. The molecule has 2 aromatic rings. The van der Waals surface area contributed by atoms with Crippen molar-refractivity contribution in [1.82, 2.24) is 0 Å². The Labute approximate surface area is 110 Å². The third kappa shape index (κ3) is 2.77. The standard InChI is InChI=1S/C14H14N2O3/c1-19-13-5-3-2-4-12(13)16-9-6-7-11(15)10(8-9)14(17)18/h2-8,16H,15H2,1H3,(H,17,18). The Morgan fingerprint density at radius 1 is 1.26 bits per heavy atom. The van der Waals surface area contributed by atoms with Gasteiger partial charge in [0, 0.05) is 11.4 Å². The lowest BCUT2D eigenvalue weighted by atomic mass is 10.1. The van der Waals surface area contributed by atoms with Gasteiger partial charge in [0.1, 0.15) is 5.75 Å². The van der Waals surface area contributed by atoms with Gasteiger partial charge in [0.2, 0.25) is 0 Å². The highest BCUT2D eigenvalue weighted by atomic mass is 16.5. The summed E-state index contributed by atoms with van der Waals surface area (Å²) < 4.78 is 5.22. The second-order valence-corrected chi connectivity index (χ2v) is 3.93. The first-order valence-electron chi connectivity index (χ1n) is 5.64. The number of para-hydroxylation sites is 2. The summed E-state index contributed by atoms with van der Waals surface area (Å²) in [6.07, 6.45) is 0. The van der Waals surface area contributed by atoms with E-state index in [2.05, 4.69) is 5.32 Å². The average Bonchev–Trinajstić information content (AvgIpc) is 2.41. The van der Waals surface area contributed by atoms with Crippen molar-refractivity contribution in [2.45, 2.75) is 0 Å². The number of carboxylic acids is 1. The van der Waals surface area contributed by atoms with Crippen LogP contribution in [-0.4, -0.2) is 18.2 Å². The number of aromatic carboxylic acids is 1. The minimum Gasteiger partial charge on any atom is -0.495 e. The highest BCUT2D eigenvalue weighted by Crippen LogP contribution is 2.28. The number of carbonyl (C=O) groups is 1. The van der Waals surface area contributed by atoms with Crippen molar-refractivity contribution in [1.29, 1.82) is 0 Å². The molecule has 0 saturated heterocycles. The summed E-state index contributed by atoms with van der Waals surface area (Å²) in [5.41, 5.74) is 7.30. The van der Waals surface area contributed by atoms with Gasteiger partial charge in [-0.3, -0.25) is 0 Å². The van der Waals surface area contributed by atoms with Crippen LogP contribution >= 0.6 is 0 Å². The number of carboxylic acid groups (broad SMARTS) is 1. The van der Waals surface area contributed by atoms with Crippen LogP contribution in [0.25, 0.3) is 0 Å². The molecule has 0 atom stereocenters. The van der Waals surface area contributed by atoms with E-state index < -0.39 is 5.97 Å². The largest absolute Gasteiger partial charge is 0.495 e. The smallest absolute Gasteiger partial charge is 0.337 e. The van der Waals surface area contributed by atoms with Crippen LogP contribution in [0.15, 0.2) is 42.5 Å². The number of nitrogen functional groups attached to an aromatic ring is 1. The molecule has 5 nitrogen and oxygen atoms in total. The van der Waals surface area contributed by atoms with Crippen molar-refractivity contribution in [3.05, 3.63) is 48.0 Å². The molecule has 0 amide bonds. The van der Waals surface area contributed by atoms with Crippen molar-refractivity contribution in [2.75, 3.05) is 18.2 Å². The lowest BCUT2D eigenvalue weighted by Gasteiger charge is -2.12. The summed E-state index contributed by atoms with van der Waals surface area (Å²) >= 11 is 0. The first-order valence-corrected chi connectivity index (χ1v) is 5.64. The van der Waals surface area contributed by atoms with E-state index >= 15 is 0 Å². The summed E-state index contributed by atoms with van der Waals surface area (Å²) in [5.74, 6) is -0.377. The molecule has 5 heteroatoms. The van der Waals surface area contributed by atoms with Gasteiger partial charge in [-0.15, -0.1) is 0 Å². The van der Waals surface area contributed by atoms with E-state index in [1.54, 1.807) is 19.2 Å². The van der Waals surface area contributed by atoms with Crippen LogP contribution in [0.5, 0.6) is 5.75 Å². The third-order valence-corrected chi connectivity index (χ3v) is 2.67. The molecule has 0 spiro atoms. The molecule has 0 aliphatic carbocycles. The Hall–Kier alpha value is -2.69. The Morgan fingerprint density at radius 3 is 2.68 bits per heavy atom. The van der Waals surface area contributed by atoms with Crippen LogP contribution in [0.3, 0.4) is 0 Å². The minimum atomic E-state index is -1.05. The predicted octanol–water partition coefficient (Wildman–Crippen LogP) is 2.72. The lowest BCUT2D eigenvalue weighted by molar-refractivity contribution is 0.0698. The molecule has 19 heavy (non-hydrogen) atoms. The quantitative estimate of drug-likeness (QED) is 0.734. The number of methoxy groups -OCH3 is 1. The minimum absolute atomic E-state index is 0.0693. The van der Waals surface area contributed by atoms with Crippen LogP contribution in [0.4, 0.5) is 17.1 Å². The third-order valence-electron chi connectivity index (χ3n) is 2.67. The maximum Gasteiger partial charge on any atom is 0.337 e. The van der Waals surface area contributed by atoms with Gasteiger partial charge >= 0.3 is 5.97 Å². The lowest BCUT2D eigenvalue weighted by Crippen LogP contribution is -2.03. The highest BCUT2D eigenvalue weighted by molar-refractivity contribution is 5.95. The van der Waals surface area contributed by atoms with E-state index in [1.165, 1.54) is 6.07 Å². The number of nitrogens with two attached hydrogens (primary N) is 1. The number of anilines is 3. The van der Waals surface area contributed by atoms with Crippen molar-refractivity contribution >= 4 is 23.0 Å². The number of ether oxygens (including phenoxy) is 1. The molecular formula is C14H14N2O3. The average molecular weight is 258 g/mol. The van der Waals surface area contributed by atoms with Gasteiger partial charge in [-0.2, -0.15) is 0 Å². The molecule has 0 fully saturated rings. The van der Waals surface area contributed by atoms with Gasteiger partial charge < -0.3 is 20.9 Å². The highest BCUT2D eigenvalue weighted by Gasteiger charge is 2.09. The summed E-state index contributed by atoms with van der Waals surface area (Å²) in [7, 11) is 1.58. The van der Waals surface area contributed by atoms with Crippen LogP contribution in [0, 0.1) is 0 Å². The van der Waals surface area contributed by atoms with Crippen LogP contribution in [-0.2, 0) is 0 Å². The molecule has 4 N–H and O–H groups in total. The molecule has 2 aromatic carbocycles. The van der Waals surface area contributed by atoms with Gasteiger partial charge in [-0.1, -0.05) is 12.1 Å². The monoisotopic (exact) mass is 258 g/mol. The first-order chi connectivity index (χ1) is 9.11. The first kappa shape index (κ1) is 12.8. The van der Waals surface area contributed by atoms with Crippen LogP contribution < -0.4 is 15.8 Å². The Bertz CT molecular complexity index is 611. The van der Waals surface area contributed by atoms with Gasteiger partial charge in [0.15, 0.2) is 0 Å². The maximum absolute atomic E-state index is 11.0. The molecule has 2 rings (SSSR count). The van der Waals surface area contributed by atoms with E-state index in [1.807, 2.05) is 24.3 Å². The summed E-state index contributed by atoms with van der Waals surface area (Å²) in [4.78, 5) is 11.0. The Kier molecular flexibility index (Phi) is 3.56. The zero-order valence-electron chi connectivity index (χ0n) is 10.4. The molecule has 0 bridgehead atoms. The predicted molar refractivity (Wildman–Crippen MR) is 74.1 cm³/mol. The topological polar surface area (TPSA) is 84.6 Å². The van der Waals surface area contributed by atoms with Gasteiger partial charge in [-0.25, -0.2) is 4.79 Å². The van der Waals surface area contributed by atoms with Crippen molar-refractivity contribution in [3.63, 3.8) is 0 Å². The summed E-state index contributed by atoms with van der Waals surface area (Å²) in [6.45, 7) is 0. The number of nitrogens with one attached hydrogen (secondary N) is 1. The second kappa shape index (κ2) is 5.30. The molecule has 0 radical (unpaired) electrons. The Balaban J connectivity index is 2.33. The number of rotatable bonds is 4. The molecular weight excluding hydrogens is 244 g/mol. The molecule has 0 unspecified atom stereocenters. The molecule has 0 saturated carbocycles. The number of hydrogen-bond donors (Lipinski definition) is 3. The molecule has 0 aromatic heterocycles. The van der Waals surface area contributed by atoms with E-state index in [4.69, 9.17) is 15.6 Å². The SMILES string of the molecule is COc1ccccc1Nc1ccc(N)c(C(=O)O)c1. The molecule has 0 aliphatic rings. The normalized spacial score (nSPS) is 9.95. The summed E-state index contributed by atoms with van der Waals surface area (Å²) in [5, 5.41) is 12.1. The number of benzene rings is 2. The van der Waals surface area contributed by atoms with Gasteiger partial charge in [0.05, 0.1) is 18.4 Å². The van der Waals surface area contributed by atoms with Gasteiger partial charge in [0.25, 0.3) is 0 Å². The summed E-state index contributed by atoms with van der Waals surface area (Å²) in [6, 6.07) is 12.1. The molecule has 98 valence electrons. The van der Waals surface area contributed by atoms with E-state index in [9.17, 15) is 4.79 Å². The molecule has 0 heterocycles. The van der Waals surface area contributed by atoms with Crippen LogP contribution in [0.2, 0.25) is 0 Å². The number of hydrogen-bond acceptors (Lipinski definition) is 4. The van der Waals surface area contributed by atoms with Crippen molar-refractivity contribution in [3.8, 4) is 5.75 Å². The van der Waals surface area contributed by atoms with Crippen molar-refractivity contribution < 1.29 is 14.6 Å². The molecule has 0 aliphatic heterocycles. The Morgan fingerprint density at radius 2 is 2.00 bits per heavy atom. The van der Waals surface area contributed by atoms with E-state index in [0.29, 0.717) is 11.4 Å². The second-order valence-electron chi connectivity index (χ2n) is 3.93. The van der Waals surface area contributed by atoms with Crippen molar-refractivity contribution in [2.24, 2.45) is 0 Å². The zero-order valence-corrected chi connectivity index (χ0v) is 10.4. The van der Waals surface area contributed by atoms with E-state index in [-0.39, 0.29) is 11.3 Å². The maximum atomic E-state index is 11.0. The fourth-order valence-electron chi connectivity index (χ4n) is 1.72. The van der Waals surface area contributed by atoms with Crippen LogP contribution in [0.1, 0.15) is 10.4 Å². The van der Waals surface area contributed by atoms with E-state index in [0.717, 1.165) is 5.69 Å².